The Kier molecular flexibility index (Phi) is 3.24. The first kappa shape index (κ1) is 13.6. The second-order valence-electron chi connectivity index (χ2n) is 9.49. The second-order valence-corrected chi connectivity index (χ2v) is 9.49. The average Bonchev–Trinajstić information content (AvgIpc) is 3.08. The van der Waals surface area contributed by atoms with Gasteiger partial charge in [-0.05, 0) is 97.7 Å². The summed E-state index contributed by atoms with van der Waals surface area (Å²) in [6.45, 7) is 10.2. The molecule has 0 amide bonds. The molecular weight excluding hydrogens is 240 g/mol. The van der Waals surface area contributed by atoms with Crippen molar-refractivity contribution in [1.29, 1.82) is 0 Å². The molecule has 0 N–H and O–H groups in total. The second kappa shape index (κ2) is 4.75. The molecule has 0 nitrogen and oxygen atoms in total. The van der Waals surface area contributed by atoms with Crippen LogP contribution in [0.3, 0.4) is 0 Å². The van der Waals surface area contributed by atoms with Gasteiger partial charge in [-0.25, -0.2) is 0 Å². The van der Waals surface area contributed by atoms with E-state index >= 15 is 0 Å². The Balaban J connectivity index is 1.44. The van der Waals surface area contributed by atoms with Crippen molar-refractivity contribution in [2.45, 2.75) is 66.2 Å². The van der Waals surface area contributed by atoms with E-state index in [0.717, 1.165) is 59.2 Å². The summed E-state index contributed by atoms with van der Waals surface area (Å²) in [5.74, 6) is 10.7. The molecule has 10 unspecified atom stereocenters. The quantitative estimate of drug-likeness (QED) is 0.582. The SMILES string of the molecule is CC1CC2CC(C3CC4CC(C)C(C)C4C3)C(C)C2C1. The third-order valence-electron chi connectivity index (χ3n) is 8.55. The largest absolute Gasteiger partial charge is 0.0625 e. The molecule has 0 bridgehead atoms. The zero-order valence-electron chi connectivity index (χ0n) is 14.0. The van der Waals surface area contributed by atoms with Crippen LogP contribution >= 0.6 is 0 Å². The number of rotatable bonds is 1. The molecule has 0 aliphatic heterocycles. The Morgan fingerprint density at radius 3 is 1.70 bits per heavy atom. The van der Waals surface area contributed by atoms with Gasteiger partial charge in [0.2, 0.25) is 0 Å². The molecule has 4 rings (SSSR count). The van der Waals surface area contributed by atoms with Crippen LogP contribution in [0.2, 0.25) is 0 Å². The van der Waals surface area contributed by atoms with Gasteiger partial charge in [-0.1, -0.05) is 27.7 Å². The maximum absolute atomic E-state index is 2.62. The van der Waals surface area contributed by atoms with E-state index in [1.165, 1.54) is 0 Å². The lowest BCUT2D eigenvalue weighted by atomic mass is 9.78. The summed E-state index contributed by atoms with van der Waals surface area (Å²) in [5.41, 5.74) is 0. The molecule has 0 saturated heterocycles. The first-order valence-electron chi connectivity index (χ1n) is 9.54. The van der Waals surface area contributed by atoms with Crippen molar-refractivity contribution in [2.75, 3.05) is 0 Å². The van der Waals surface area contributed by atoms with Crippen LogP contribution in [0.25, 0.3) is 0 Å². The lowest BCUT2D eigenvalue weighted by Crippen LogP contribution is -2.20. The Morgan fingerprint density at radius 2 is 1.05 bits per heavy atom. The van der Waals surface area contributed by atoms with Crippen LogP contribution in [-0.4, -0.2) is 0 Å². The number of fused-ring (bicyclic) bond motifs is 2. The highest BCUT2D eigenvalue weighted by molar-refractivity contribution is 5.01. The monoisotopic (exact) mass is 274 g/mol. The van der Waals surface area contributed by atoms with Gasteiger partial charge in [0.05, 0.1) is 0 Å². The first-order chi connectivity index (χ1) is 9.54. The summed E-state index contributed by atoms with van der Waals surface area (Å²) in [6.07, 6.45) is 9.45. The van der Waals surface area contributed by atoms with Crippen LogP contribution in [0.5, 0.6) is 0 Å². The van der Waals surface area contributed by atoms with Crippen molar-refractivity contribution in [2.24, 2.45) is 59.2 Å². The highest BCUT2D eigenvalue weighted by Gasteiger charge is 2.52. The fourth-order valence-electron chi connectivity index (χ4n) is 7.44. The fourth-order valence-corrected chi connectivity index (χ4v) is 7.44. The van der Waals surface area contributed by atoms with Crippen LogP contribution in [0, 0.1) is 59.2 Å². The lowest BCUT2D eigenvalue weighted by molar-refractivity contribution is 0.216. The Bertz CT molecular complexity index is 372. The summed E-state index contributed by atoms with van der Waals surface area (Å²) < 4.78 is 0. The minimum atomic E-state index is 1.01. The van der Waals surface area contributed by atoms with Crippen molar-refractivity contribution < 1.29 is 0 Å². The molecule has 20 heavy (non-hydrogen) atoms. The van der Waals surface area contributed by atoms with E-state index in [-0.39, 0.29) is 0 Å². The van der Waals surface area contributed by atoms with Crippen molar-refractivity contribution in [3.8, 4) is 0 Å². The normalized spacial score (nSPS) is 61.8. The van der Waals surface area contributed by atoms with E-state index in [1.807, 2.05) is 0 Å². The van der Waals surface area contributed by atoms with Gasteiger partial charge in [-0.15, -0.1) is 0 Å². The van der Waals surface area contributed by atoms with E-state index < -0.39 is 0 Å². The van der Waals surface area contributed by atoms with Crippen LogP contribution in [0.1, 0.15) is 66.2 Å². The van der Waals surface area contributed by atoms with E-state index in [1.54, 1.807) is 38.5 Å². The van der Waals surface area contributed by atoms with Crippen LogP contribution in [0.4, 0.5) is 0 Å². The van der Waals surface area contributed by atoms with Gasteiger partial charge >= 0.3 is 0 Å². The molecule has 0 heteroatoms. The Morgan fingerprint density at radius 1 is 0.500 bits per heavy atom. The predicted molar refractivity (Wildman–Crippen MR) is 85.3 cm³/mol. The molecule has 4 aliphatic rings. The summed E-state index contributed by atoms with van der Waals surface area (Å²) >= 11 is 0. The van der Waals surface area contributed by atoms with Crippen LogP contribution in [0.15, 0.2) is 0 Å². The maximum Gasteiger partial charge on any atom is -0.0354 e. The standard InChI is InChI=1S/C20H34/c1-11-5-15-9-20(14(4)18(15)6-11)17-8-16-7-12(2)13(3)19(16)10-17/h11-20H,5-10H2,1-4H3. The summed E-state index contributed by atoms with van der Waals surface area (Å²) in [4.78, 5) is 0. The van der Waals surface area contributed by atoms with Crippen molar-refractivity contribution in [3.63, 3.8) is 0 Å². The van der Waals surface area contributed by atoms with Gasteiger partial charge in [-0.3, -0.25) is 0 Å². The Hall–Kier alpha value is 0. The molecule has 4 fully saturated rings. The summed E-state index contributed by atoms with van der Waals surface area (Å²) in [6, 6.07) is 0. The minimum Gasteiger partial charge on any atom is -0.0625 e. The minimum absolute atomic E-state index is 1.01. The van der Waals surface area contributed by atoms with Crippen molar-refractivity contribution >= 4 is 0 Å². The summed E-state index contributed by atoms with van der Waals surface area (Å²) in [7, 11) is 0. The molecule has 10 atom stereocenters. The summed E-state index contributed by atoms with van der Waals surface area (Å²) in [5, 5.41) is 0. The molecular formula is C20H34. The van der Waals surface area contributed by atoms with Crippen LogP contribution < -0.4 is 0 Å². The molecule has 0 aromatic heterocycles. The highest BCUT2D eigenvalue weighted by atomic mass is 14.6. The molecule has 4 saturated carbocycles. The number of hydrogen-bond acceptors (Lipinski definition) is 0. The fraction of sp³-hybridized carbons (Fsp3) is 1.00. The Labute approximate surface area is 126 Å². The zero-order valence-corrected chi connectivity index (χ0v) is 14.0. The molecule has 0 aromatic rings. The van der Waals surface area contributed by atoms with Gasteiger partial charge in [0, 0.05) is 0 Å². The van der Waals surface area contributed by atoms with Gasteiger partial charge in [0.15, 0.2) is 0 Å². The van der Waals surface area contributed by atoms with E-state index in [4.69, 9.17) is 0 Å². The zero-order chi connectivity index (χ0) is 14.0. The highest BCUT2D eigenvalue weighted by Crippen LogP contribution is 2.60. The van der Waals surface area contributed by atoms with Crippen LogP contribution in [-0.2, 0) is 0 Å². The van der Waals surface area contributed by atoms with Gasteiger partial charge in [0.1, 0.15) is 0 Å². The third-order valence-corrected chi connectivity index (χ3v) is 8.55. The van der Waals surface area contributed by atoms with Gasteiger partial charge in [0.25, 0.3) is 0 Å². The van der Waals surface area contributed by atoms with Gasteiger partial charge in [-0.2, -0.15) is 0 Å². The molecule has 0 radical (unpaired) electrons. The smallest absolute Gasteiger partial charge is 0.0354 e. The topological polar surface area (TPSA) is 0 Å². The first-order valence-corrected chi connectivity index (χ1v) is 9.54. The van der Waals surface area contributed by atoms with E-state index in [2.05, 4.69) is 27.7 Å². The van der Waals surface area contributed by atoms with E-state index in [0.29, 0.717) is 0 Å². The third kappa shape index (κ3) is 1.92. The van der Waals surface area contributed by atoms with Gasteiger partial charge < -0.3 is 0 Å². The molecule has 0 aromatic carbocycles. The van der Waals surface area contributed by atoms with E-state index in [9.17, 15) is 0 Å². The molecule has 114 valence electrons. The lowest BCUT2D eigenvalue weighted by Gasteiger charge is -2.28. The number of hydrogen-bond donors (Lipinski definition) is 0. The molecule has 0 heterocycles. The van der Waals surface area contributed by atoms with Crippen molar-refractivity contribution in [3.05, 3.63) is 0 Å². The maximum atomic E-state index is 2.62. The van der Waals surface area contributed by atoms with Crippen molar-refractivity contribution in [1.82, 2.24) is 0 Å². The predicted octanol–water partition coefficient (Wildman–Crippen LogP) is 5.62. The molecule has 0 spiro atoms. The average molecular weight is 274 g/mol. The molecule has 4 aliphatic carbocycles.